The van der Waals surface area contributed by atoms with Crippen LogP contribution in [0.1, 0.15) is 69.9 Å². The molecule has 2 aliphatic rings. The minimum atomic E-state index is -5.33. The molecule has 0 saturated carbocycles. The lowest BCUT2D eigenvalue weighted by molar-refractivity contribution is -0.437. The number of carboxylic acid groups (broad SMARTS) is 1. The minimum absolute atomic E-state index is 0.0157. The van der Waals surface area contributed by atoms with Gasteiger partial charge in [0.25, 0.3) is 40.5 Å². The molecule has 2 aliphatic heterocycles. The number of anilines is 1. The van der Waals surface area contributed by atoms with Crippen LogP contribution in [-0.2, 0) is 94.6 Å². The fraction of sp³-hybridized carbons (Fsp3) is 0.464. The first-order valence-corrected chi connectivity index (χ1v) is 34.4. The van der Waals surface area contributed by atoms with Crippen LogP contribution < -0.4 is 4.90 Å². The topological polar surface area (TPSA) is 374 Å². The third-order valence-corrected chi connectivity index (χ3v) is 19.0. The number of methoxy groups -OCH3 is 2. The van der Waals surface area contributed by atoms with Crippen LogP contribution in [-0.4, -0.2) is 185 Å². The van der Waals surface area contributed by atoms with Crippen LogP contribution in [0.5, 0.6) is 0 Å². The van der Waals surface area contributed by atoms with Crippen LogP contribution in [0.15, 0.2) is 116 Å². The summed E-state index contributed by atoms with van der Waals surface area (Å²) >= 11 is 0. The molecule has 0 amide bonds. The van der Waals surface area contributed by atoms with Gasteiger partial charge < -0.3 is 43.0 Å². The number of hydrogen-bond donors (Lipinski definition) is 5. The van der Waals surface area contributed by atoms with Crippen molar-refractivity contribution in [2.75, 3.05) is 104 Å². The number of benzene rings is 4. The van der Waals surface area contributed by atoms with Gasteiger partial charge in [0.1, 0.15) is 21.6 Å². The first-order chi connectivity index (χ1) is 40.4. The number of aliphatic carboxylic acids is 1. The first kappa shape index (κ1) is 69.7. The fourth-order valence-corrected chi connectivity index (χ4v) is 14.0. The zero-order valence-corrected chi connectivity index (χ0v) is 51.9. The van der Waals surface area contributed by atoms with Crippen LogP contribution in [0.4, 0.5) is 11.4 Å². The molecule has 5 N–H and O–H groups in total. The maximum absolute atomic E-state index is 12.9. The molecule has 4 aromatic carbocycles. The van der Waals surface area contributed by atoms with Crippen LogP contribution in [0.25, 0.3) is 21.5 Å². The van der Waals surface area contributed by atoms with Gasteiger partial charge in [-0.05, 0) is 104 Å². The lowest BCUT2D eigenvalue weighted by atomic mass is 9.75. The van der Waals surface area contributed by atoms with Gasteiger partial charge in [-0.15, -0.1) is 0 Å². The van der Waals surface area contributed by atoms with Crippen molar-refractivity contribution in [2.24, 2.45) is 0 Å². The predicted octanol–water partition coefficient (Wildman–Crippen LogP) is 6.39. The van der Waals surface area contributed by atoms with Crippen molar-refractivity contribution in [1.82, 2.24) is 0 Å². The number of rotatable bonds is 36. The van der Waals surface area contributed by atoms with E-state index in [9.17, 15) is 74.8 Å². The van der Waals surface area contributed by atoms with Gasteiger partial charge in [0.15, 0.2) is 5.71 Å². The van der Waals surface area contributed by atoms with Gasteiger partial charge >= 0.3 is 5.97 Å². The standard InChI is InChI=1S/C56H72N2O23S5/c1-55(21-25-78-31-33-80-29-27-76-3)50(57(23-12-8-11-16-52(59)60)46-19-17-42-44(53(46)55)36-40(83(64,65)66)38-48(42)85(70,71)72)14-9-6-5-7-10-15-51-56(2,22-26-79-32-34-81-30-28-77-4)54-45-37-41(84(67,68)69)39-49(86(73,74)75)43(45)18-20-47(54)58(51)24-13-35-82(61,62)63/h5-7,9-10,14-15,17-20,36-39H,8,11-13,16,21-35H2,1-4H3,(H5-,59,60,61,62,63,64,65,66,67,68,69,70,71,72,73,74,75). The van der Waals surface area contributed by atoms with E-state index in [0.717, 1.165) is 12.1 Å². The monoisotopic (exact) mass is 1300 g/mol. The SMILES string of the molecule is COCCOCCOCCC1(C)C(/C=C/C=C/C=C/C=C2/N(CCCCCC(=O)O)c3ccc4c(S(=O)(=O)[O-])cc(S(=O)(=O)O)cc4c3C2(C)CCOCCOCCOC)=[N+](CCCS(=O)(=O)O)c2ccc3c(S(=O)(=O)O)cc(S(=O)(=O)O)cc3c21. The molecule has 86 heavy (non-hydrogen) atoms. The molecule has 2 atom stereocenters. The lowest BCUT2D eigenvalue weighted by Crippen LogP contribution is -2.33. The largest absolute Gasteiger partial charge is 0.744 e. The second-order valence-electron chi connectivity index (χ2n) is 20.6. The quantitative estimate of drug-likeness (QED) is 0.0142. The van der Waals surface area contributed by atoms with E-state index in [0.29, 0.717) is 98.3 Å². The Balaban J connectivity index is 1.47. The smallest absolute Gasteiger partial charge is 0.303 e. The van der Waals surface area contributed by atoms with Gasteiger partial charge in [-0.25, -0.2) is 8.42 Å². The van der Waals surface area contributed by atoms with E-state index < -0.39 is 92.7 Å². The maximum Gasteiger partial charge on any atom is 0.303 e. The second kappa shape index (κ2) is 29.7. The number of nitrogens with zero attached hydrogens (tertiary/aromatic N) is 2. The summed E-state index contributed by atoms with van der Waals surface area (Å²) in [6, 6.07) is 9.32. The van der Waals surface area contributed by atoms with E-state index in [-0.39, 0.29) is 93.4 Å². The van der Waals surface area contributed by atoms with Crippen LogP contribution in [0.3, 0.4) is 0 Å². The van der Waals surface area contributed by atoms with Gasteiger partial charge in [-0.2, -0.15) is 38.2 Å². The van der Waals surface area contributed by atoms with Gasteiger partial charge in [0.2, 0.25) is 5.69 Å². The Morgan fingerprint density at radius 2 is 1.09 bits per heavy atom. The Labute approximate surface area is 501 Å². The molecule has 2 heterocycles. The average Bonchev–Trinajstić information content (AvgIpc) is 1.89. The van der Waals surface area contributed by atoms with Crippen molar-refractivity contribution in [2.45, 2.75) is 89.2 Å². The van der Waals surface area contributed by atoms with E-state index in [1.807, 2.05) is 11.8 Å². The highest BCUT2D eigenvalue weighted by Gasteiger charge is 2.49. The summed E-state index contributed by atoms with van der Waals surface area (Å²) in [5.41, 5.74) is 0.375. The second-order valence-corrected chi connectivity index (χ2v) is 27.8. The van der Waals surface area contributed by atoms with Gasteiger partial charge in [-0.1, -0.05) is 42.9 Å². The highest BCUT2D eigenvalue weighted by molar-refractivity contribution is 7.87. The van der Waals surface area contributed by atoms with E-state index in [4.69, 9.17) is 28.4 Å². The van der Waals surface area contributed by atoms with Crippen LogP contribution in [0.2, 0.25) is 0 Å². The highest BCUT2D eigenvalue weighted by atomic mass is 32.2. The number of fused-ring (bicyclic) bond motifs is 6. The fourth-order valence-electron chi connectivity index (χ4n) is 10.8. The molecule has 30 heteroatoms. The summed E-state index contributed by atoms with van der Waals surface area (Å²) < 4.78 is 214. The van der Waals surface area contributed by atoms with Crippen molar-refractivity contribution < 1.29 is 108 Å². The number of hydrogen-bond acceptors (Lipinski definition) is 19. The Hall–Kier alpha value is -5.39. The molecule has 474 valence electrons. The summed E-state index contributed by atoms with van der Waals surface area (Å²) in [7, 11) is -22.0. The van der Waals surface area contributed by atoms with E-state index in [1.165, 1.54) is 32.4 Å². The number of carbonyl (C=O) groups is 1. The number of allylic oxidation sites excluding steroid dienone is 8. The van der Waals surface area contributed by atoms with Crippen LogP contribution >= 0.6 is 0 Å². The number of unbranched alkanes of at least 4 members (excludes halogenated alkanes) is 2. The summed E-state index contributed by atoms with van der Waals surface area (Å²) in [4.78, 5) is 10.0. The van der Waals surface area contributed by atoms with Crippen molar-refractivity contribution in [3.05, 3.63) is 108 Å². The molecule has 0 fully saturated rings. The summed E-state index contributed by atoms with van der Waals surface area (Å²) in [5, 5.41) is 9.24. The zero-order valence-electron chi connectivity index (χ0n) is 47.8. The Kier molecular flexibility index (Phi) is 24.1. The van der Waals surface area contributed by atoms with E-state index >= 15 is 0 Å². The molecule has 0 spiro atoms. The van der Waals surface area contributed by atoms with Crippen molar-refractivity contribution >= 4 is 95.2 Å². The Morgan fingerprint density at radius 3 is 1.64 bits per heavy atom. The molecule has 0 radical (unpaired) electrons. The van der Waals surface area contributed by atoms with Gasteiger partial charge in [0.05, 0.1) is 78.7 Å². The normalized spacial score (nSPS) is 18.3. The first-order valence-electron chi connectivity index (χ1n) is 27.1. The Morgan fingerprint density at radius 1 is 0.581 bits per heavy atom. The van der Waals surface area contributed by atoms with Crippen molar-refractivity contribution in [3.8, 4) is 0 Å². The third kappa shape index (κ3) is 17.7. The molecule has 6 rings (SSSR count). The molecule has 0 bridgehead atoms. The molecular weight excluding hydrogens is 1230 g/mol. The molecular formula is C56H72N2O23S5. The molecule has 0 aliphatic carbocycles. The summed E-state index contributed by atoms with van der Waals surface area (Å²) in [5.74, 6) is -1.62. The summed E-state index contributed by atoms with van der Waals surface area (Å²) in [6.07, 6.45) is 13.3. The van der Waals surface area contributed by atoms with Gasteiger partial charge in [-0.3, -0.25) is 23.0 Å². The molecule has 4 aromatic rings. The van der Waals surface area contributed by atoms with E-state index in [2.05, 4.69) is 0 Å². The lowest BCUT2D eigenvalue weighted by Gasteiger charge is -2.31. The highest BCUT2D eigenvalue weighted by Crippen LogP contribution is 2.54. The van der Waals surface area contributed by atoms with E-state index in [1.54, 1.807) is 60.1 Å². The summed E-state index contributed by atoms with van der Waals surface area (Å²) in [6.45, 7) is 6.06. The zero-order chi connectivity index (χ0) is 63.3. The minimum Gasteiger partial charge on any atom is -0.744 e. The van der Waals surface area contributed by atoms with Gasteiger partial charge in [0, 0.05) is 86.7 Å². The third-order valence-electron chi connectivity index (χ3n) is 14.7. The Bertz CT molecular complexity index is 3880. The number of carboxylic acids is 1. The predicted molar refractivity (Wildman–Crippen MR) is 316 cm³/mol. The molecule has 0 saturated heterocycles. The molecule has 0 aromatic heterocycles. The molecule has 2 unspecified atom stereocenters. The average molecular weight is 1300 g/mol. The molecule has 25 nitrogen and oxygen atoms in total. The maximum atomic E-state index is 12.9. The number of ether oxygens (including phenoxy) is 6. The van der Waals surface area contributed by atoms with Crippen molar-refractivity contribution in [3.63, 3.8) is 0 Å². The van der Waals surface area contributed by atoms with Crippen molar-refractivity contribution in [1.29, 1.82) is 0 Å². The van der Waals surface area contributed by atoms with Crippen LogP contribution in [0, 0.1) is 0 Å².